The summed E-state index contributed by atoms with van der Waals surface area (Å²) in [5.41, 5.74) is 4.17. The van der Waals surface area contributed by atoms with Gasteiger partial charge < -0.3 is 24.2 Å². The molecule has 1 amide bonds. The molecule has 0 aromatic heterocycles. The second-order valence-corrected chi connectivity index (χ2v) is 10.3. The minimum Gasteiger partial charge on any atom is -0.507 e. The number of ketones is 1. The van der Waals surface area contributed by atoms with Crippen molar-refractivity contribution >= 4 is 28.8 Å². The van der Waals surface area contributed by atoms with E-state index in [0.717, 1.165) is 16.8 Å². The Bertz CT molecular complexity index is 1470. The molecule has 3 aromatic carbocycles. The van der Waals surface area contributed by atoms with Crippen LogP contribution in [-0.2, 0) is 9.59 Å². The summed E-state index contributed by atoms with van der Waals surface area (Å²) in [7, 11) is 8.50. The van der Waals surface area contributed by atoms with Gasteiger partial charge in [0.2, 0.25) is 0 Å². The molecule has 0 radical (unpaired) electrons. The van der Waals surface area contributed by atoms with Crippen molar-refractivity contribution < 1.29 is 28.9 Å². The number of rotatable bonds is 8. The molecule has 40 heavy (non-hydrogen) atoms. The normalized spacial score (nSPS) is 16.4. The molecule has 0 saturated carbocycles. The van der Waals surface area contributed by atoms with Gasteiger partial charge in [-0.05, 0) is 65.9 Å². The predicted octanol–water partition coefficient (Wildman–Crippen LogP) is 5.84. The highest BCUT2D eigenvalue weighted by molar-refractivity contribution is 6.51. The number of benzene rings is 3. The molecule has 1 aliphatic heterocycles. The summed E-state index contributed by atoms with van der Waals surface area (Å²) >= 11 is 0. The van der Waals surface area contributed by atoms with Crippen molar-refractivity contribution in [2.45, 2.75) is 32.7 Å². The third-order valence-electron chi connectivity index (χ3n) is 7.27. The maximum absolute atomic E-state index is 13.7. The Labute approximate surface area is 235 Å². The fourth-order valence-corrected chi connectivity index (χ4v) is 5.07. The lowest BCUT2D eigenvalue weighted by molar-refractivity contribution is -0.132. The molecule has 3 aromatic rings. The smallest absolute Gasteiger partial charge is 0.300 e. The SMILES string of the molecule is COc1ccc(N2C(=O)C(=O)/C(=C(/O)c3cc(C(C)C)c(OC)cc3C)C2c2ccc(N(C)C)cc2)cc1OC. The van der Waals surface area contributed by atoms with E-state index in [1.807, 2.05) is 76.2 Å². The van der Waals surface area contributed by atoms with Gasteiger partial charge in [0.1, 0.15) is 11.5 Å². The van der Waals surface area contributed by atoms with Crippen molar-refractivity contribution in [3.05, 3.63) is 82.4 Å². The third-order valence-corrected chi connectivity index (χ3v) is 7.27. The zero-order valence-electron chi connectivity index (χ0n) is 24.2. The van der Waals surface area contributed by atoms with Crippen molar-refractivity contribution in [1.82, 2.24) is 0 Å². The lowest BCUT2D eigenvalue weighted by Gasteiger charge is -2.27. The summed E-state index contributed by atoms with van der Waals surface area (Å²) in [5.74, 6) is -0.0386. The highest BCUT2D eigenvalue weighted by atomic mass is 16.5. The zero-order valence-corrected chi connectivity index (χ0v) is 24.2. The lowest BCUT2D eigenvalue weighted by Crippen LogP contribution is -2.29. The van der Waals surface area contributed by atoms with E-state index in [1.54, 1.807) is 25.3 Å². The number of anilines is 2. The molecule has 1 unspecified atom stereocenters. The van der Waals surface area contributed by atoms with Gasteiger partial charge >= 0.3 is 0 Å². The van der Waals surface area contributed by atoms with Crippen LogP contribution in [0.25, 0.3) is 5.76 Å². The number of aliphatic hydroxyl groups is 1. The van der Waals surface area contributed by atoms with Crippen molar-refractivity contribution in [2.75, 3.05) is 45.2 Å². The number of hydrogen-bond acceptors (Lipinski definition) is 7. The van der Waals surface area contributed by atoms with Gasteiger partial charge in [0.25, 0.3) is 11.7 Å². The topological polar surface area (TPSA) is 88.5 Å². The highest BCUT2D eigenvalue weighted by Gasteiger charge is 2.47. The number of ether oxygens (including phenoxy) is 3. The third kappa shape index (κ3) is 4.97. The van der Waals surface area contributed by atoms with Crippen LogP contribution in [0.5, 0.6) is 17.2 Å². The number of carbonyl (C=O) groups excluding carboxylic acids is 2. The minimum atomic E-state index is -0.877. The standard InChI is InChI=1S/C32H36N2O6/c1-18(2)23-17-24(19(3)15-26(23)39-7)30(35)28-29(20-9-11-21(12-10-20)33(4)5)34(32(37)31(28)36)22-13-14-25(38-6)27(16-22)40-8/h9-18,29,35H,1-8H3/b30-28+. The fourth-order valence-electron chi connectivity index (χ4n) is 5.07. The van der Waals surface area contributed by atoms with E-state index in [4.69, 9.17) is 14.2 Å². The molecule has 0 spiro atoms. The maximum atomic E-state index is 13.7. The summed E-state index contributed by atoms with van der Waals surface area (Å²) in [6, 6.07) is 15.4. The van der Waals surface area contributed by atoms with Crippen LogP contribution >= 0.6 is 0 Å². The summed E-state index contributed by atoms with van der Waals surface area (Å²) in [6.07, 6.45) is 0. The Hall–Kier alpha value is -4.46. The molecular weight excluding hydrogens is 508 g/mol. The van der Waals surface area contributed by atoms with E-state index in [-0.39, 0.29) is 17.3 Å². The van der Waals surface area contributed by atoms with Gasteiger partial charge in [0, 0.05) is 37.1 Å². The largest absolute Gasteiger partial charge is 0.507 e. The average Bonchev–Trinajstić information content (AvgIpc) is 3.21. The van der Waals surface area contributed by atoms with Gasteiger partial charge in [0.05, 0.1) is 32.9 Å². The van der Waals surface area contributed by atoms with Crippen LogP contribution in [0.15, 0.2) is 60.2 Å². The molecule has 210 valence electrons. The van der Waals surface area contributed by atoms with E-state index in [0.29, 0.717) is 34.1 Å². The first kappa shape index (κ1) is 28.5. The average molecular weight is 545 g/mol. The van der Waals surface area contributed by atoms with Gasteiger partial charge in [-0.1, -0.05) is 26.0 Å². The Kier molecular flexibility index (Phi) is 8.09. The molecule has 8 nitrogen and oxygen atoms in total. The molecule has 8 heteroatoms. The number of hydrogen-bond donors (Lipinski definition) is 1. The molecule has 0 bridgehead atoms. The van der Waals surface area contributed by atoms with E-state index in [9.17, 15) is 14.7 Å². The first-order chi connectivity index (χ1) is 19.0. The summed E-state index contributed by atoms with van der Waals surface area (Å²) in [6.45, 7) is 5.89. The summed E-state index contributed by atoms with van der Waals surface area (Å²) in [4.78, 5) is 30.7. The van der Waals surface area contributed by atoms with Crippen LogP contribution in [0, 0.1) is 6.92 Å². The van der Waals surface area contributed by atoms with E-state index < -0.39 is 17.7 Å². The van der Waals surface area contributed by atoms with E-state index in [2.05, 4.69) is 0 Å². The molecule has 1 aliphatic rings. The molecule has 4 rings (SSSR count). The number of nitrogens with zero attached hydrogens (tertiary/aromatic N) is 2. The quantitative estimate of drug-likeness (QED) is 0.217. The van der Waals surface area contributed by atoms with Crippen LogP contribution in [-0.4, -0.2) is 52.2 Å². The van der Waals surface area contributed by atoms with Crippen molar-refractivity contribution in [1.29, 1.82) is 0 Å². The number of carbonyl (C=O) groups is 2. The molecule has 1 atom stereocenters. The molecule has 1 N–H and O–H groups in total. The molecular formula is C32H36N2O6. The highest BCUT2D eigenvalue weighted by Crippen LogP contribution is 2.45. The van der Waals surface area contributed by atoms with E-state index in [1.165, 1.54) is 19.1 Å². The van der Waals surface area contributed by atoms with Gasteiger partial charge in [-0.3, -0.25) is 14.5 Å². The zero-order chi connectivity index (χ0) is 29.3. The molecule has 1 heterocycles. The lowest BCUT2D eigenvalue weighted by atomic mass is 9.91. The van der Waals surface area contributed by atoms with Gasteiger partial charge in [-0.2, -0.15) is 0 Å². The van der Waals surface area contributed by atoms with Gasteiger partial charge in [0.15, 0.2) is 11.5 Å². The van der Waals surface area contributed by atoms with Crippen LogP contribution in [0.1, 0.15) is 48.1 Å². The van der Waals surface area contributed by atoms with Crippen LogP contribution in [0.2, 0.25) is 0 Å². The minimum absolute atomic E-state index is 0.0142. The van der Waals surface area contributed by atoms with Crippen LogP contribution < -0.4 is 24.0 Å². The summed E-state index contributed by atoms with van der Waals surface area (Å²) < 4.78 is 16.4. The maximum Gasteiger partial charge on any atom is 0.300 e. The summed E-state index contributed by atoms with van der Waals surface area (Å²) in [5, 5.41) is 11.8. The number of aryl methyl sites for hydroxylation is 1. The van der Waals surface area contributed by atoms with Gasteiger partial charge in [-0.15, -0.1) is 0 Å². The monoisotopic (exact) mass is 544 g/mol. The number of aliphatic hydroxyl groups excluding tert-OH is 1. The Morgan fingerprint density at radius 1 is 0.875 bits per heavy atom. The number of amides is 1. The number of methoxy groups -OCH3 is 3. The van der Waals surface area contributed by atoms with Gasteiger partial charge in [-0.25, -0.2) is 0 Å². The first-order valence-electron chi connectivity index (χ1n) is 13.0. The van der Waals surface area contributed by atoms with Crippen molar-refractivity contribution in [2.24, 2.45) is 0 Å². The van der Waals surface area contributed by atoms with Crippen molar-refractivity contribution in [3.63, 3.8) is 0 Å². The number of Topliss-reactive ketones (excluding diaryl/α,β-unsaturated/α-hetero) is 1. The van der Waals surface area contributed by atoms with Crippen LogP contribution in [0.3, 0.4) is 0 Å². The second kappa shape index (κ2) is 11.3. The molecule has 1 fully saturated rings. The van der Waals surface area contributed by atoms with Crippen LogP contribution in [0.4, 0.5) is 11.4 Å². The first-order valence-corrected chi connectivity index (χ1v) is 13.0. The Balaban J connectivity index is 1.99. The Morgan fingerprint density at radius 2 is 1.50 bits per heavy atom. The fraction of sp³-hybridized carbons (Fsp3) is 0.312. The second-order valence-electron chi connectivity index (χ2n) is 10.3. The van der Waals surface area contributed by atoms with Crippen molar-refractivity contribution in [3.8, 4) is 17.2 Å². The predicted molar refractivity (Wildman–Crippen MR) is 157 cm³/mol. The van der Waals surface area contributed by atoms with E-state index >= 15 is 0 Å². The molecule has 0 aliphatic carbocycles. The Morgan fingerprint density at radius 3 is 2.05 bits per heavy atom. The molecule has 1 saturated heterocycles.